The number of ether oxygens (including phenoxy) is 1. The first-order chi connectivity index (χ1) is 6.27. The third-order valence-electron chi connectivity index (χ3n) is 2.46. The van der Waals surface area contributed by atoms with Crippen LogP contribution in [0.4, 0.5) is 0 Å². The lowest BCUT2D eigenvalue weighted by Gasteiger charge is -2.26. The summed E-state index contributed by atoms with van der Waals surface area (Å²) >= 11 is 0. The average molecular weight is 181 g/mol. The van der Waals surface area contributed by atoms with Crippen molar-refractivity contribution in [2.24, 2.45) is 10.9 Å². The Kier molecular flexibility index (Phi) is 2.14. The van der Waals surface area contributed by atoms with Gasteiger partial charge in [0.05, 0.1) is 12.2 Å². The second-order valence-electron chi connectivity index (χ2n) is 3.32. The predicted molar refractivity (Wildman–Crippen MR) is 46.7 cm³/mol. The van der Waals surface area contributed by atoms with Crippen molar-refractivity contribution in [1.29, 1.82) is 0 Å². The quantitative estimate of drug-likeness (QED) is 0.652. The van der Waals surface area contributed by atoms with E-state index >= 15 is 0 Å². The molecule has 13 heavy (non-hydrogen) atoms. The SMILES string of the molecule is O=C(O)C1=CN=C2COCCC2C1. The van der Waals surface area contributed by atoms with E-state index in [0.717, 1.165) is 18.7 Å². The minimum absolute atomic E-state index is 0.296. The molecule has 1 saturated heterocycles. The van der Waals surface area contributed by atoms with Gasteiger partial charge in [0.1, 0.15) is 0 Å². The normalized spacial score (nSPS) is 27.2. The summed E-state index contributed by atoms with van der Waals surface area (Å²) < 4.78 is 5.23. The minimum atomic E-state index is -0.853. The smallest absolute Gasteiger partial charge is 0.333 e. The van der Waals surface area contributed by atoms with Gasteiger partial charge in [0.2, 0.25) is 0 Å². The van der Waals surface area contributed by atoms with E-state index in [-0.39, 0.29) is 0 Å². The van der Waals surface area contributed by atoms with Crippen LogP contribution in [0.1, 0.15) is 12.8 Å². The largest absolute Gasteiger partial charge is 0.478 e. The Morgan fingerprint density at radius 1 is 1.69 bits per heavy atom. The lowest BCUT2D eigenvalue weighted by Crippen LogP contribution is -2.30. The van der Waals surface area contributed by atoms with E-state index in [9.17, 15) is 4.79 Å². The molecular formula is C9H11NO3. The molecule has 1 unspecified atom stereocenters. The molecule has 0 amide bonds. The third kappa shape index (κ3) is 1.62. The molecule has 70 valence electrons. The van der Waals surface area contributed by atoms with E-state index < -0.39 is 5.97 Å². The molecule has 1 N–H and O–H groups in total. The van der Waals surface area contributed by atoms with Gasteiger partial charge >= 0.3 is 5.97 Å². The molecule has 0 radical (unpaired) electrons. The Morgan fingerprint density at radius 2 is 2.54 bits per heavy atom. The number of fused-ring (bicyclic) bond motifs is 1. The second kappa shape index (κ2) is 3.30. The lowest BCUT2D eigenvalue weighted by molar-refractivity contribution is -0.132. The van der Waals surface area contributed by atoms with Crippen molar-refractivity contribution in [3.05, 3.63) is 11.8 Å². The molecule has 2 aliphatic heterocycles. The highest BCUT2D eigenvalue weighted by Gasteiger charge is 2.26. The number of rotatable bonds is 1. The fourth-order valence-corrected chi connectivity index (χ4v) is 1.67. The van der Waals surface area contributed by atoms with Gasteiger partial charge in [-0.25, -0.2) is 4.79 Å². The minimum Gasteiger partial charge on any atom is -0.478 e. The summed E-state index contributed by atoms with van der Waals surface area (Å²) in [6, 6.07) is 0. The molecule has 2 aliphatic rings. The van der Waals surface area contributed by atoms with Crippen LogP contribution in [0.15, 0.2) is 16.8 Å². The Morgan fingerprint density at radius 3 is 3.31 bits per heavy atom. The zero-order valence-corrected chi connectivity index (χ0v) is 7.19. The molecule has 2 heterocycles. The number of carboxylic acids is 1. The van der Waals surface area contributed by atoms with Crippen molar-refractivity contribution < 1.29 is 14.6 Å². The van der Waals surface area contributed by atoms with E-state index in [4.69, 9.17) is 9.84 Å². The zero-order valence-electron chi connectivity index (χ0n) is 7.19. The fraction of sp³-hybridized carbons (Fsp3) is 0.556. The number of aliphatic carboxylic acids is 1. The Hall–Kier alpha value is -1.16. The van der Waals surface area contributed by atoms with Crippen molar-refractivity contribution in [3.63, 3.8) is 0 Å². The zero-order chi connectivity index (χ0) is 9.26. The first-order valence-corrected chi connectivity index (χ1v) is 4.34. The molecule has 4 nitrogen and oxygen atoms in total. The van der Waals surface area contributed by atoms with Crippen LogP contribution in [0.25, 0.3) is 0 Å². The van der Waals surface area contributed by atoms with Gasteiger partial charge in [-0.15, -0.1) is 0 Å². The Balaban J connectivity index is 2.18. The molecule has 0 aromatic rings. The molecule has 0 spiro atoms. The van der Waals surface area contributed by atoms with Crippen molar-refractivity contribution >= 4 is 11.7 Å². The maximum absolute atomic E-state index is 10.7. The first-order valence-electron chi connectivity index (χ1n) is 4.34. The average Bonchev–Trinajstić information content (AvgIpc) is 2.17. The molecule has 0 aliphatic carbocycles. The summed E-state index contributed by atoms with van der Waals surface area (Å²) in [4.78, 5) is 14.8. The number of hydrogen-bond acceptors (Lipinski definition) is 3. The number of hydrogen-bond donors (Lipinski definition) is 1. The van der Waals surface area contributed by atoms with Crippen LogP contribution in [-0.4, -0.2) is 30.0 Å². The summed E-state index contributed by atoms with van der Waals surface area (Å²) in [7, 11) is 0. The van der Waals surface area contributed by atoms with Crippen molar-refractivity contribution in [1.82, 2.24) is 0 Å². The van der Waals surface area contributed by atoms with Gasteiger partial charge < -0.3 is 9.84 Å². The van der Waals surface area contributed by atoms with Crippen LogP contribution in [-0.2, 0) is 9.53 Å². The molecule has 4 heteroatoms. The number of carboxylic acid groups (broad SMARTS) is 1. The van der Waals surface area contributed by atoms with Gasteiger partial charge in [0.15, 0.2) is 0 Å². The van der Waals surface area contributed by atoms with Crippen LogP contribution in [0.5, 0.6) is 0 Å². The standard InChI is InChI=1S/C9H11NO3/c11-9(12)7-3-6-1-2-13-5-8(6)10-4-7/h4,6H,1-3,5H2,(H,11,12). The molecular weight excluding hydrogens is 170 g/mol. The molecule has 2 rings (SSSR count). The summed E-state index contributed by atoms with van der Waals surface area (Å²) in [5.74, 6) is -0.556. The van der Waals surface area contributed by atoms with Crippen molar-refractivity contribution in [2.45, 2.75) is 12.8 Å². The van der Waals surface area contributed by atoms with Gasteiger partial charge in [-0.3, -0.25) is 4.99 Å². The number of aliphatic imine (C=N–C) groups is 1. The fourth-order valence-electron chi connectivity index (χ4n) is 1.67. The van der Waals surface area contributed by atoms with Gasteiger partial charge in [-0.05, 0) is 12.8 Å². The lowest BCUT2D eigenvalue weighted by atomic mass is 9.89. The summed E-state index contributed by atoms with van der Waals surface area (Å²) in [6.45, 7) is 1.28. The first kappa shape index (κ1) is 8.44. The molecule has 0 saturated carbocycles. The van der Waals surface area contributed by atoms with E-state index in [2.05, 4.69) is 4.99 Å². The Bertz CT molecular complexity index is 293. The summed E-state index contributed by atoms with van der Waals surface area (Å²) in [5, 5.41) is 8.76. The van der Waals surface area contributed by atoms with E-state index in [1.165, 1.54) is 6.20 Å². The van der Waals surface area contributed by atoms with Crippen LogP contribution in [0, 0.1) is 5.92 Å². The van der Waals surface area contributed by atoms with Gasteiger partial charge in [-0.1, -0.05) is 0 Å². The van der Waals surface area contributed by atoms with E-state index in [0.29, 0.717) is 24.5 Å². The number of nitrogens with zero attached hydrogens (tertiary/aromatic N) is 1. The molecule has 0 aromatic heterocycles. The maximum Gasteiger partial charge on any atom is 0.333 e. The summed E-state index contributed by atoms with van der Waals surface area (Å²) in [6.07, 6.45) is 2.95. The highest BCUT2D eigenvalue weighted by Crippen LogP contribution is 2.25. The van der Waals surface area contributed by atoms with Gasteiger partial charge in [0.25, 0.3) is 0 Å². The van der Waals surface area contributed by atoms with E-state index in [1.54, 1.807) is 0 Å². The van der Waals surface area contributed by atoms with E-state index in [1.807, 2.05) is 0 Å². The number of carbonyl (C=O) groups is 1. The molecule has 0 bridgehead atoms. The van der Waals surface area contributed by atoms with Crippen LogP contribution in [0.3, 0.4) is 0 Å². The van der Waals surface area contributed by atoms with Gasteiger partial charge in [0, 0.05) is 24.4 Å². The summed E-state index contributed by atoms with van der Waals surface area (Å²) in [5.41, 5.74) is 1.41. The van der Waals surface area contributed by atoms with Crippen molar-refractivity contribution in [2.75, 3.05) is 13.2 Å². The molecule has 1 fully saturated rings. The second-order valence-corrected chi connectivity index (χ2v) is 3.32. The Labute approximate surface area is 75.9 Å². The van der Waals surface area contributed by atoms with Crippen LogP contribution < -0.4 is 0 Å². The van der Waals surface area contributed by atoms with Gasteiger partial charge in [-0.2, -0.15) is 0 Å². The topological polar surface area (TPSA) is 58.9 Å². The monoisotopic (exact) mass is 181 g/mol. The van der Waals surface area contributed by atoms with Crippen LogP contribution >= 0.6 is 0 Å². The highest BCUT2D eigenvalue weighted by atomic mass is 16.5. The highest BCUT2D eigenvalue weighted by molar-refractivity contribution is 5.94. The maximum atomic E-state index is 10.7. The molecule has 1 atom stereocenters. The molecule has 0 aromatic carbocycles. The van der Waals surface area contributed by atoms with Crippen molar-refractivity contribution in [3.8, 4) is 0 Å². The van der Waals surface area contributed by atoms with Crippen LogP contribution in [0.2, 0.25) is 0 Å². The third-order valence-corrected chi connectivity index (χ3v) is 2.46. The predicted octanol–water partition coefficient (Wildman–Crippen LogP) is 0.836.